The molecule has 0 saturated heterocycles. The molecule has 0 aliphatic rings. The van der Waals surface area contributed by atoms with Crippen molar-refractivity contribution in [1.29, 1.82) is 0 Å². The predicted molar refractivity (Wildman–Crippen MR) is 117 cm³/mol. The van der Waals surface area contributed by atoms with Crippen molar-refractivity contribution in [2.24, 2.45) is 0 Å². The fourth-order valence-corrected chi connectivity index (χ4v) is 3.94. The van der Waals surface area contributed by atoms with E-state index in [1.807, 2.05) is 0 Å². The molecule has 28 heavy (non-hydrogen) atoms. The monoisotopic (exact) mass is 422 g/mol. The molecule has 3 N–H and O–H groups in total. The number of hydrogen-bond donors (Lipinski definition) is 1. The van der Waals surface area contributed by atoms with Crippen LogP contribution >= 0.6 is 0 Å². The molecule has 0 rings (SSSR count). The Bertz CT molecular complexity index is 355. The number of hydrogen-bond acceptors (Lipinski definition) is 3. The molecule has 0 aromatic rings. The van der Waals surface area contributed by atoms with E-state index in [4.69, 9.17) is 0 Å². The topological polar surface area (TPSA) is 83.1 Å². The van der Waals surface area contributed by atoms with E-state index < -0.39 is 10.8 Å². The second-order valence-electron chi connectivity index (χ2n) is 8.07. The molecule has 0 aromatic carbocycles. The summed E-state index contributed by atoms with van der Waals surface area (Å²) in [4.78, 5) is 0. The molecule has 0 saturated carbocycles. The first-order valence-corrected chi connectivity index (χ1v) is 13.3. The van der Waals surface area contributed by atoms with Gasteiger partial charge in [0.15, 0.2) is 0 Å². The van der Waals surface area contributed by atoms with Crippen molar-refractivity contribution in [1.82, 2.24) is 0 Å². The van der Waals surface area contributed by atoms with Crippen LogP contribution in [0.3, 0.4) is 0 Å². The average molecular weight is 423 g/mol. The lowest BCUT2D eigenvalue weighted by Gasteiger charge is -2.04. The Morgan fingerprint density at radius 3 is 1.14 bits per heavy atom. The van der Waals surface area contributed by atoms with Gasteiger partial charge in [0.1, 0.15) is 11.2 Å². The van der Waals surface area contributed by atoms with Gasteiger partial charge < -0.3 is 0 Å². The summed E-state index contributed by atoms with van der Waals surface area (Å²) in [6.07, 6.45) is 26.6. The van der Waals surface area contributed by atoms with Gasteiger partial charge in [-0.15, -0.1) is 4.18 Å². The molecular formula is C22H48NO4S+2. The minimum Gasteiger partial charge on any atom is -0.155 e. The van der Waals surface area contributed by atoms with Crippen LogP contribution in [0.15, 0.2) is 0 Å². The van der Waals surface area contributed by atoms with Gasteiger partial charge in [-0.2, -0.15) is 5.90 Å². The van der Waals surface area contributed by atoms with Crippen LogP contribution in [0.25, 0.3) is 0 Å². The zero-order chi connectivity index (χ0) is 20.8. The highest BCUT2D eigenvalue weighted by atomic mass is 32.3. The molecule has 0 aliphatic heterocycles. The molecule has 0 fully saturated rings. The van der Waals surface area contributed by atoms with Crippen molar-refractivity contribution in [2.75, 3.05) is 6.61 Å². The van der Waals surface area contributed by atoms with Gasteiger partial charge in [0.05, 0.1) is 4.28 Å². The third kappa shape index (κ3) is 22.3. The SMILES string of the molecule is CCCCCCCCCCCCCCCCCCCCCCO[S+]([O])(=O)O[NH3+]. The molecule has 0 aromatic heterocycles. The summed E-state index contributed by atoms with van der Waals surface area (Å²) in [5, 5.41) is 0. The van der Waals surface area contributed by atoms with Gasteiger partial charge in [-0.25, -0.2) is 0 Å². The van der Waals surface area contributed by atoms with Gasteiger partial charge in [-0.3, -0.25) is 0 Å². The Balaban J connectivity index is 3.06. The highest BCUT2D eigenvalue weighted by Crippen LogP contribution is 2.15. The molecule has 0 amide bonds. The summed E-state index contributed by atoms with van der Waals surface area (Å²) >= 11 is 0. The number of unbranched alkanes of at least 4 members (excludes halogenated alkanes) is 19. The molecule has 5 nitrogen and oxygen atoms in total. The van der Waals surface area contributed by atoms with Crippen molar-refractivity contribution in [2.45, 2.75) is 135 Å². The lowest BCUT2D eigenvalue weighted by molar-refractivity contribution is -0.640. The maximum atomic E-state index is 10.9. The maximum absolute atomic E-state index is 10.9. The minimum atomic E-state index is -3.86. The van der Waals surface area contributed by atoms with Crippen LogP contribution in [-0.2, 0) is 28.0 Å². The van der Waals surface area contributed by atoms with E-state index in [0.29, 0.717) is 0 Å². The molecule has 0 spiro atoms. The maximum Gasteiger partial charge on any atom is 0.597 e. The van der Waals surface area contributed by atoms with Gasteiger partial charge in [-0.05, 0) is 6.42 Å². The van der Waals surface area contributed by atoms with E-state index in [9.17, 15) is 8.76 Å². The smallest absolute Gasteiger partial charge is 0.155 e. The Hall–Kier alpha value is -0.0100. The largest absolute Gasteiger partial charge is 0.597 e. The third-order valence-corrected chi connectivity index (χ3v) is 6.11. The molecule has 0 heterocycles. The fraction of sp³-hybridized carbons (Fsp3) is 1.00. The Morgan fingerprint density at radius 1 is 0.571 bits per heavy atom. The number of rotatable bonds is 23. The van der Waals surface area contributed by atoms with Crippen molar-refractivity contribution in [3.63, 3.8) is 0 Å². The molecule has 169 valence electrons. The Morgan fingerprint density at radius 2 is 0.857 bits per heavy atom. The van der Waals surface area contributed by atoms with Gasteiger partial charge in [0.2, 0.25) is 0 Å². The van der Waals surface area contributed by atoms with Crippen LogP contribution in [0.2, 0.25) is 0 Å². The second-order valence-corrected chi connectivity index (χ2v) is 9.35. The van der Waals surface area contributed by atoms with Crippen LogP contribution in [0.5, 0.6) is 0 Å². The van der Waals surface area contributed by atoms with Crippen LogP contribution < -0.4 is 5.90 Å². The number of quaternary nitrogens is 1. The van der Waals surface area contributed by atoms with Crippen molar-refractivity contribution in [3.8, 4) is 0 Å². The van der Waals surface area contributed by atoms with Crippen LogP contribution in [-0.4, -0.2) is 6.61 Å². The van der Waals surface area contributed by atoms with Crippen LogP contribution in [0.1, 0.15) is 135 Å². The molecule has 1 radical (unpaired) electrons. The first-order valence-electron chi connectivity index (χ1n) is 12.0. The fourth-order valence-electron chi connectivity index (χ4n) is 3.55. The molecule has 0 bridgehead atoms. The highest BCUT2D eigenvalue weighted by Gasteiger charge is 2.34. The van der Waals surface area contributed by atoms with Crippen molar-refractivity contribution in [3.05, 3.63) is 0 Å². The van der Waals surface area contributed by atoms with Gasteiger partial charge in [0, 0.05) is 4.21 Å². The standard InChI is InChI=1S/C22H48NO4S/c1-2-3-4-5-6-7-8-9-10-11-12-13-14-15-16-17-18-19-20-21-22-26-28(24,25)27-23/h2-22H2,1,23H3/q+2. The summed E-state index contributed by atoms with van der Waals surface area (Å²) in [6.45, 7) is 2.47. The Kier molecular flexibility index (Phi) is 21.7. The summed E-state index contributed by atoms with van der Waals surface area (Å²) < 4.78 is 30.4. The highest BCUT2D eigenvalue weighted by molar-refractivity contribution is 7.88. The van der Waals surface area contributed by atoms with E-state index in [0.717, 1.165) is 19.3 Å². The lowest BCUT2D eigenvalue weighted by Crippen LogP contribution is -2.53. The summed E-state index contributed by atoms with van der Waals surface area (Å²) in [7, 11) is -3.86. The van der Waals surface area contributed by atoms with Gasteiger partial charge >= 0.3 is 10.8 Å². The molecule has 0 aliphatic carbocycles. The minimum absolute atomic E-state index is 0.191. The average Bonchev–Trinajstić information content (AvgIpc) is 2.69. The van der Waals surface area contributed by atoms with Crippen molar-refractivity contribution < 1.29 is 23.1 Å². The van der Waals surface area contributed by atoms with Gasteiger partial charge in [-0.1, -0.05) is 129 Å². The Labute approximate surface area is 176 Å². The van der Waals surface area contributed by atoms with E-state index in [1.165, 1.54) is 109 Å². The van der Waals surface area contributed by atoms with Gasteiger partial charge in [0.25, 0.3) is 0 Å². The first-order chi connectivity index (χ1) is 13.6. The molecule has 6 heteroatoms. The quantitative estimate of drug-likeness (QED) is 0.113. The summed E-state index contributed by atoms with van der Waals surface area (Å²) in [5.41, 5.74) is 0. The van der Waals surface area contributed by atoms with E-state index >= 15 is 0 Å². The summed E-state index contributed by atoms with van der Waals surface area (Å²) in [5.74, 6) is 2.85. The van der Waals surface area contributed by atoms with E-state index in [2.05, 4.69) is 21.3 Å². The predicted octanol–water partition coefficient (Wildman–Crippen LogP) is 6.67. The molecular weight excluding hydrogens is 374 g/mol. The summed E-state index contributed by atoms with van der Waals surface area (Å²) in [6, 6.07) is 0. The second kappa shape index (κ2) is 21.7. The van der Waals surface area contributed by atoms with Crippen molar-refractivity contribution >= 4 is 10.8 Å². The lowest BCUT2D eigenvalue weighted by atomic mass is 10.0. The third-order valence-electron chi connectivity index (χ3n) is 5.37. The first kappa shape index (κ1) is 28.0. The zero-order valence-electron chi connectivity index (χ0n) is 18.6. The normalized spacial score (nSPS) is 13.7. The van der Waals surface area contributed by atoms with E-state index in [1.54, 1.807) is 0 Å². The zero-order valence-corrected chi connectivity index (χ0v) is 19.4. The van der Waals surface area contributed by atoms with E-state index in [-0.39, 0.29) is 6.61 Å². The molecule has 1 atom stereocenters. The van der Waals surface area contributed by atoms with Crippen LogP contribution in [0, 0.1) is 0 Å². The molecule has 1 unspecified atom stereocenters. The van der Waals surface area contributed by atoms with Crippen LogP contribution in [0.4, 0.5) is 0 Å².